The van der Waals surface area contributed by atoms with Gasteiger partial charge in [-0.1, -0.05) is 12.8 Å². The van der Waals surface area contributed by atoms with Crippen LogP contribution in [0.5, 0.6) is 5.88 Å². The van der Waals surface area contributed by atoms with Crippen LogP contribution in [0.1, 0.15) is 30.5 Å². The zero-order valence-corrected chi connectivity index (χ0v) is 8.86. The lowest BCUT2D eigenvalue weighted by Crippen LogP contribution is -2.01. The molecular weight excluding hydrogens is 188 g/mol. The van der Waals surface area contributed by atoms with Crippen molar-refractivity contribution >= 4 is 0 Å². The molecule has 1 saturated carbocycles. The largest absolute Gasteiger partial charge is 0.478 e. The molecule has 1 aliphatic rings. The molecule has 0 spiro atoms. The summed E-state index contributed by atoms with van der Waals surface area (Å²) in [5.41, 5.74) is 1.44. The van der Waals surface area contributed by atoms with Gasteiger partial charge in [-0.3, -0.25) is 0 Å². The number of nitriles is 1. The van der Waals surface area contributed by atoms with Gasteiger partial charge in [0, 0.05) is 11.8 Å². The highest BCUT2D eigenvalue weighted by atomic mass is 16.5. The summed E-state index contributed by atoms with van der Waals surface area (Å²) in [6.07, 6.45) is 3.79. The van der Waals surface area contributed by atoms with Crippen molar-refractivity contribution in [1.82, 2.24) is 4.98 Å². The monoisotopic (exact) mass is 202 g/mol. The number of rotatable bonds is 4. The van der Waals surface area contributed by atoms with Crippen LogP contribution in [0.2, 0.25) is 0 Å². The standard InChI is InChI=1S/C12H14N2O/c1-9-6-11(8-13)7-12(14-9)15-5-4-10-2-3-10/h6-7,10H,2-5H2,1H3. The molecular formula is C12H14N2O. The maximum atomic E-state index is 8.78. The molecule has 1 aliphatic carbocycles. The van der Waals surface area contributed by atoms with E-state index in [2.05, 4.69) is 11.1 Å². The van der Waals surface area contributed by atoms with Gasteiger partial charge in [0.1, 0.15) is 0 Å². The van der Waals surface area contributed by atoms with Gasteiger partial charge >= 0.3 is 0 Å². The highest BCUT2D eigenvalue weighted by Gasteiger charge is 2.20. The third-order valence-corrected chi connectivity index (χ3v) is 2.53. The topological polar surface area (TPSA) is 45.9 Å². The summed E-state index contributed by atoms with van der Waals surface area (Å²) in [7, 11) is 0. The molecule has 1 aromatic rings. The van der Waals surface area contributed by atoms with Crippen molar-refractivity contribution in [1.29, 1.82) is 5.26 Å². The lowest BCUT2D eigenvalue weighted by Gasteiger charge is -2.05. The third kappa shape index (κ3) is 2.95. The summed E-state index contributed by atoms with van der Waals surface area (Å²) in [5, 5.41) is 8.78. The van der Waals surface area contributed by atoms with Gasteiger partial charge in [-0.2, -0.15) is 5.26 Å². The molecule has 2 rings (SSSR count). The molecule has 1 fully saturated rings. The van der Waals surface area contributed by atoms with Crippen molar-refractivity contribution in [2.75, 3.05) is 6.61 Å². The number of ether oxygens (including phenoxy) is 1. The van der Waals surface area contributed by atoms with Crippen LogP contribution in [0.25, 0.3) is 0 Å². The van der Waals surface area contributed by atoms with Crippen LogP contribution in [0.15, 0.2) is 12.1 Å². The molecule has 0 radical (unpaired) electrons. The van der Waals surface area contributed by atoms with Crippen LogP contribution in [-0.4, -0.2) is 11.6 Å². The van der Waals surface area contributed by atoms with Gasteiger partial charge in [0.15, 0.2) is 0 Å². The Labute approximate surface area is 89.7 Å². The van der Waals surface area contributed by atoms with E-state index in [1.54, 1.807) is 12.1 Å². The summed E-state index contributed by atoms with van der Waals surface area (Å²) < 4.78 is 5.52. The van der Waals surface area contributed by atoms with E-state index in [9.17, 15) is 0 Å². The Hall–Kier alpha value is -1.56. The average molecular weight is 202 g/mol. The van der Waals surface area contributed by atoms with E-state index in [1.807, 2.05) is 6.92 Å². The maximum absolute atomic E-state index is 8.78. The summed E-state index contributed by atoms with van der Waals surface area (Å²) in [6.45, 7) is 2.58. The lowest BCUT2D eigenvalue weighted by molar-refractivity contribution is 0.291. The van der Waals surface area contributed by atoms with E-state index in [0.717, 1.165) is 18.0 Å². The number of aryl methyl sites for hydroxylation is 1. The first kappa shape index (κ1) is 9.97. The fraction of sp³-hybridized carbons (Fsp3) is 0.500. The smallest absolute Gasteiger partial charge is 0.214 e. The second-order valence-electron chi connectivity index (χ2n) is 4.03. The molecule has 3 heteroatoms. The minimum absolute atomic E-state index is 0.576. The number of hydrogen-bond donors (Lipinski definition) is 0. The summed E-state index contributed by atoms with van der Waals surface area (Å²) in [4.78, 5) is 4.23. The van der Waals surface area contributed by atoms with Gasteiger partial charge in [0.25, 0.3) is 0 Å². The van der Waals surface area contributed by atoms with Gasteiger partial charge in [-0.15, -0.1) is 0 Å². The minimum atomic E-state index is 0.576. The summed E-state index contributed by atoms with van der Waals surface area (Å²) in [6, 6.07) is 5.55. The quantitative estimate of drug-likeness (QED) is 0.753. The first-order valence-electron chi connectivity index (χ1n) is 5.29. The van der Waals surface area contributed by atoms with Crippen molar-refractivity contribution in [2.45, 2.75) is 26.2 Å². The zero-order valence-electron chi connectivity index (χ0n) is 8.86. The van der Waals surface area contributed by atoms with Crippen LogP contribution in [-0.2, 0) is 0 Å². The zero-order chi connectivity index (χ0) is 10.7. The predicted molar refractivity (Wildman–Crippen MR) is 56.5 cm³/mol. The lowest BCUT2D eigenvalue weighted by atomic mass is 10.2. The molecule has 15 heavy (non-hydrogen) atoms. The molecule has 0 aliphatic heterocycles. The highest BCUT2D eigenvalue weighted by molar-refractivity contribution is 5.34. The van der Waals surface area contributed by atoms with Crippen LogP contribution >= 0.6 is 0 Å². The molecule has 0 saturated heterocycles. The van der Waals surface area contributed by atoms with E-state index < -0.39 is 0 Å². The molecule has 78 valence electrons. The highest BCUT2D eigenvalue weighted by Crippen LogP contribution is 2.32. The fourth-order valence-electron chi connectivity index (χ4n) is 1.51. The molecule has 3 nitrogen and oxygen atoms in total. The van der Waals surface area contributed by atoms with E-state index in [4.69, 9.17) is 10.00 Å². The third-order valence-electron chi connectivity index (χ3n) is 2.53. The first-order chi connectivity index (χ1) is 7.28. The fourth-order valence-corrected chi connectivity index (χ4v) is 1.51. The van der Waals surface area contributed by atoms with Gasteiger partial charge in [-0.05, 0) is 25.3 Å². The van der Waals surface area contributed by atoms with Gasteiger partial charge < -0.3 is 4.74 Å². The Morgan fingerprint density at radius 2 is 2.33 bits per heavy atom. The molecule has 1 heterocycles. The number of hydrogen-bond acceptors (Lipinski definition) is 3. The van der Waals surface area contributed by atoms with Gasteiger partial charge in [0.2, 0.25) is 5.88 Å². The minimum Gasteiger partial charge on any atom is -0.478 e. The Morgan fingerprint density at radius 1 is 1.53 bits per heavy atom. The van der Waals surface area contributed by atoms with E-state index >= 15 is 0 Å². The molecule has 1 aromatic heterocycles. The van der Waals surface area contributed by atoms with E-state index in [-0.39, 0.29) is 0 Å². The van der Waals surface area contributed by atoms with Crippen LogP contribution in [0.3, 0.4) is 0 Å². The second kappa shape index (κ2) is 4.31. The predicted octanol–water partition coefficient (Wildman–Crippen LogP) is 2.44. The normalized spacial score (nSPS) is 14.7. The van der Waals surface area contributed by atoms with Crippen molar-refractivity contribution in [3.63, 3.8) is 0 Å². The van der Waals surface area contributed by atoms with Gasteiger partial charge in [-0.25, -0.2) is 4.98 Å². The van der Waals surface area contributed by atoms with Gasteiger partial charge in [0.05, 0.1) is 18.2 Å². The SMILES string of the molecule is Cc1cc(C#N)cc(OCCC2CC2)n1. The van der Waals surface area contributed by atoms with Crippen LogP contribution in [0.4, 0.5) is 0 Å². The molecule has 0 atom stereocenters. The Morgan fingerprint density at radius 3 is 3.00 bits per heavy atom. The Balaban J connectivity index is 1.94. The first-order valence-corrected chi connectivity index (χ1v) is 5.29. The molecule has 0 aromatic carbocycles. The van der Waals surface area contributed by atoms with Crippen molar-refractivity contribution < 1.29 is 4.74 Å². The van der Waals surface area contributed by atoms with E-state index in [0.29, 0.717) is 18.1 Å². The molecule has 0 unspecified atom stereocenters. The summed E-state index contributed by atoms with van der Waals surface area (Å²) >= 11 is 0. The van der Waals surface area contributed by atoms with Crippen LogP contribution < -0.4 is 4.74 Å². The maximum Gasteiger partial charge on any atom is 0.214 e. The number of aromatic nitrogens is 1. The van der Waals surface area contributed by atoms with Crippen molar-refractivity contribution in [2.24, 2.45) is 5.92 Å². The van der Waals surface area contributed by atoms with E-state index in [1.165, 1.54) is 12.8 Å². The molecule has 0 N–H and O–H groups in total. The average Bonchev–Trinajstić information content (AvgIpc) is 3.01. The van der Waals surface area contributed by atoms with Crippen molar-refractivity contribution in [3.05, 3.63) is 23.4 Å². The second-order valence-corrected chi connectivity index (χ2v) is 4.03. The number of pyridine rings is 1. The Bertz CT molecular complexity index is 391. The van der Waals surface area contributed by atoms with Crippen LogP contribution in [0, 0.1) is 24.2 Å². The number of nitrogens with zero attached hydrogens (tertiary/aromatic N) is 2. The molecule has 0 bridgehead atoms. The molecule has 0 amide bonds. The Kier molecular flexibility index (Phi) is 2.86. The van der Waals surface area contributed by atoms with Crippen molar-refractivity contribution in [3.8, 4) is 11.9 Å². The summed E-state index contributed by atoms with van der Waals surface area (Å²) in [5.74, 6) is 1.44.